The van der Waals surface area contributed by atoms with Gasteiger partial charge in [0.25, 0.3) is 0 Å². The SMILES string of the molecule is COC(=O)c1ccc(S(C)(=O)=O)c(CC#N)c1Cl.CS(=O)(=O)c1ccc(C(=O)O)c(Cl)c1CC#N. The summed E-state index contributed by atoms with van der Waals surface area (Å²) in [4.78, 5) is 22.1. The average Bonchev–Trinajstić information content (AvgIpc) is 2.74. The monoisotopic (exact) mass is 560 g/mol. The Bertz CT molecular complexity index is 1470. The van der Waals surface area contributed by atoms with Crippen molar-refractivity contribution in [2.75, 3.05) is 19.6 Å². The number of esters is 1. The molecular weight excluding hydrogens is 543 g/mol. The number of nitrogens with zero attached hydrogens (tertiary/aromatic N) is 2. The number of carbonyl (C=O) groups is 2. The number of hydrogen-bond donors (Lipinski definition) is 1. The lowest BCUT2D eigenvalue weighted by Gasteiger charge is -2.10. The molecule has 0 saturated carbocycles. The van der Waals surface area contributed by atoms with Crippen molar-refractivity contribution < 1.29 is 36.3 Å². The lowest BCUT2D eigenvalue weighted by molar-refractivity contribution is 0.0599. The summed E-state index contributed by atoms with van der Waals surface area (Å²) in [6.45, 7) is 0. The molecule has 0 unspecified atom stereocenters. The van der Waals surface area contributed by atoms with Gasteiger partial charge in [0.1, 0.15) is 0 Å². The van der Waals surface area contributed by atoms with Crippen LogP contribution in [-0.2, 0) is 37.3 Å². The highest BCUT2D eigenvalue weighted by molar-refractivity contribution is 7.91. The molecule has 0 atom stereocenters. The Morgan fingerprint density at radius 2 is 1.23 bits per heavy atom. The second-order valence-corrected chi connectivity index (χ2v) is 11.5. The second kappa shape index (κ2) is 12.0. The number of halogens is 2. The van der Waals surface area contributed by atoms with Gasteiger partial charge in [0, 0.05) is 23.6 Å². The quantitative estimate of drug-likeness (QED) is 0.515. The number of carboxylic acid groups (broad SMARTS) is 1. The van der Waals surface area contributed by atoms with E-state index in [1.165, 1.54) is 19.2 Å². The zero-order valence-corrected chi connectivity index (χ0v) is 21.6. The first-order valence-electron chi connectivity index (χ1n) is 9.20. The van der Waals surface area contributed by atoms with Crippen molar-refractivity contribution >= 4 is 54.8 Å². The summed E-state index contributed by atoms with van der Waals surface area (Å²) in [5, 5.41) is 25.9. The van der Waals surface area contributed by atoms with Crippen LogP contribution >= 0.6 is 23.2 Å². The molecule has 0 aliphatic carbocycles. The van der Waals surface area contributed by atoms with E-state index in [0.29, 0.717) is 0 Å². The highest BCUT2D eigenvalue weighted by Crippen LogP contribution is 2.29. The van der Waals surface area contributed by atoms with Gasteiger partial charge >= 0.3 is 11.9 Å². The van der Waals surface area contributed by atoms with Gasteiger partial charge in [-0.25, -0.2) is 26.4 Å². The summed E-state index contributed by atoms with van der Waals surface area (Å²) in [5.41, 5.74) is -0.0396. The van der Waals surface area contributed by atoms with Gasteiger partial charge < -0.3 is 9.84 Å². The van der Waals surface area contributed by atoms with E-state index in [4.69, 9.17) is 38.8 Å². The normalized spacial score (nSPS) is 10.8. The van der Waals surface area contributed by atoms with Crippen molar-refractivity contribution in [3.05, 3.63) is 56.6 Å². The Balaban J connectivity index is 0.000000351. The molecule has 0 aliphatic rings. The minimum atomic E-state index is -3.55. The van der Waals surface area contributed by atoms with E-state index in [1.807, 2.05) is 6.07 Å². The minimum Gasteiger partial charge on any atom is -0.478 e. The van der Waals surface area contributed by atoms with Crippen LogP contribution in [0.4, 0.5) is 0 Å². The Hall–Kier alpha value is -3.16. The van der Waals surface area contributed by atoms with Gasteiger partial charge in [-0.1, -0.05) is 23.2 Å². The van der Waals surface area contributed by atoms with Crippen molar-refractivity contribution in [1.29, 1.82) is 10.5 Å². The summed E-state index contributed by atoms with van der Waals surface area (Å²) in [7, 11) is -5.88. The summed E-state index contributed by atoms with van der Waals surface area (Å²) in [6, 6.07) is 8.36. The largest absolute Gasteiger partial charge is 0.478 e. The van der Waals surface area contributed by atoms with Crippen LogP contribution in [0.25, 0.3) is 0 Å². The van der Waals surface area contributed by atoms with Crippen LogP contribution < -0.4 is 0 Å². The van der Waals surface area contributed by atoms with Gasteiger partial charge in [-0.15, -0.1) is 0 Å². The Morgan fingerprint density at radius 1 is 0.857 bits per heavy atom. The molecule has 0 amide bonds. The van der Waals surface area contributed by atoms with Crippen LogP contribution in [0.5, 0.6) is 0 Å². The van der Waals surface area contributed by atoms with E-state index in [9.17, 15) is 26.4 Å². The zero-order chi connectivity index (χ0) is 27.1. The number of sulfone groups is 2. The summed E-state index contributed by atoms with van der Waals surface area (Å²) in [5.74, 6) is -1.95. The van der Waals surface area contributed by atoms with Gasteiger partial charge in [-0.2, -0.15) is 10.5 Å². The molecule has 186 valence electrons. The first-order chi connectivity index (χ1) is 16.1. The molecule has 2 aromatic rings. The van der Waals surface area contributed by atoms with Gasteiger partial charge in [0.2, 0.25) is 0 Å². The van der Waals surface area contributed by atoms with Gasteiger partial charge in [-0.05, 0) is 24.3 Å². The van der Waals surface area contributed by atoms with Crippen molar-refractivity contribution in [2.45, 2.75) is 22.6 Å². The minimum absolute atomic E-state index is 0.0246. The van der Waals surface area contributed by atoms with Crippen LogP contribution in [-0.4, -0.2) is 53.5 Å². The molecule has 0 fully saturated rings. The van der Waals surface area contributed by atoms with Crippen molar-refractivity contribution in [3.63, 3.8) is 0 Å². The first-order valence-corrected chi connectivity index (χ1v) is 13.7. The maximum absolute atomic E-state index is 11.5. The third-order valence-corrected chi connectivity index (χ3v) is 7.57. The van der Waals surface area contributed by atoms with Crippen LogP contribution in [0.15, 0.2) is 34.1 Å². The molecule has 0 heterocycles. The number of aromatic carboxylic acids is 1. The van der Waals surface area contributed by atoms with Crippen molar-refractivity contribution in [2.24, 2.45) is 0 Å². The van der Waals surface area contributed by atoms with Crippen LogP contribution in [0.2, 0.25) is 10.0 Å². The lowest BCUT2D eigenvalue weighted by Crippen LogP contribution is -2.08. The maximum Gasteiger partial charge on any atom is 0.339 e. The molecular formula is C21H18Cl2N2O8S2. The van der Waals surface area contributed by atoms with E-state index in [2.05, 4.69) is 4.74 Å². The summed E-state index contributed by atoms with van der Waals surface area (Å²) in [6.07, 6.45) is 1.52. The van der Waals surface area contributed by atoms with Gasteiger partial charge in [-0.3, -0.25) is 0 Å². The number of carbonyl (C=O) groups excluding carboxylic acids is 1. The van der Waals surface area contributed by atoms with Crippen molar-refractivity contribution in [3.8, 4) is 12.1 Å². The Morgan fingerprint density at radius 3 is 1.54 bits per heavy atom. The molecule has 10 nitrogen and oxygen atoms in total. The highest BCUT2D eigenvalue weighted by Gasteiger charge is 2.22. The third-order valence-electron chi connectivity index (χ3n) is 4.35. The van der Waals surface area contributed by atoms with E-state index in [0.717, 1.165) is 24.6 Å². The standard InChI is InChI=1S/C11H10ClNO4S.C10H8ClNO4S/c1-17-11(14)8-3-4-9(18(2,15)16)7(5-6-13)10(8)12;1-17(15,16)8-3-2-7(10(13)14)9(11)6(8)4-5-12/h3-4H,5H2,1-2H3;2-3H,4H2,1H3,(H,13,14). The molecule has 14 heteroatoms. The number of hydrogen-bond acceptors (Lipinski definition) is 9. The number of benzene rings is 2. The van der Waals surface area contributed by atoms with Crippen LogP contribution in [0.1, 0.15) is 31.8 Å². The van der Waals surface area contributed by atoms with E-state index >= 15 is 0 Å². The molecule has 0 spiro atoms. The fourth-order valence-electron chi connectivity index (χ4n) is 2.82. The smallest absolute Gasteiger partial charge is 0.339 e. The molecule has 0 radical (unpaired) electrons. The second-order valence-electron chi connectivity index (χ2n) is 6.82. The topological polar surface area (TPSA) is 179 Å². The fraction of sp³-hybridized carbons (Fsp3) is 0.238. The molecule has 2 rings (SSSR count). The molecule has 0 bridgehead atoms. The Labute approximate surface area is 212 Å². The molecule has 1 N–H and O–H groups in total. The maximum atomic E-state index is 11.5. The predicted octanol–water partition coefficient (Wildman–Crippen LogP) is 3.10. The summed E-state index contributed by atoms with van der Waals surface area (Å²) >= 11 is 11.8. The third kappa shape index (κ3) is 7.41. The summed E-state index contributed by atoms with van der Waals surface area (Å²) < 4.78 is 50.5. The van der Waals surface area contributed by atoms with E-state index < -0.39 is 31.6 Å². The fourth-order valence-corrected chi connectivity index (χ4v) is 5.43. The predicted molar refractivity (Wildman–Crippen MR) is 126 cm³/mol. The molecule has 0 aromatic heterocycles. The highest BCUT2D eigenvalue weighted by atomic mass is 35.5. The molecule has 0 saturated heterocycles. The number of ether oxygens (including phenoxy) is 1. The molecule has 0 aliphatic heterocycles. The van der Waals surface area contributed by atoms with E-state index in [-0.39, 0.29) is 54.9 Å². The van der Waals surface area contributed by atoms with E-state index in [1.54, 1.807) is 6.07 Å². The number of rotatable bonds is 6. The Kier molecular flexibility index (Phi) is 10.2. The number of nitriles is 2. The molecule has 35 heavy (non-hydrogen) atoms. The number of carboxylic acids is 1. The van der Waals surface area contributed by atoms with Gasteiger partial charge in [0.15, 0.2) is 19.7 Å². The number of methoxy groups -OCH3 is 1. The molecule has 2 aromatic carbocycles. The van der Waals surface area contributed by atoms with Crippen LogP contribution in [0.3, 0.4) is 0 Å². The van der Waals surface area contributed by atoms with Crippen molar-refractivity contribution in [1.82, 2.24) is 0 Å². The van der Waals surface area contributed by atoms with Gasteiger partial charge in [0.05, 0.1) is 63.1 Å². The lowest BCUT2D eigenvalue weighted by atomic mass is 10.1. The zero-order valence-electron chi connectivity index (χ0n) is 18.5. The average molecular weight is 561 g/mol. The van der Waals surface area contributed by atoms with Crippen LogP contribution in [0, 0.1) is 22.7 Å². The first kappa shape index (κ1) is 29.9.